The van der Waals surface area contributed by atoms with Crippen molar-refractivity contribution in [2.75, 3.05) is 6.61 Å². The minimum absolute atomic E-state index is 0.451. The maximum atomic E-state index is 5.62. The SMILES string of the molecule is CCOc1cc(Br)c2c(c1)C(Br)CC(C)CC2. The highest BCUT2D eigenvalue weighted by molar-refractivity contribution is 9.10. The lowest BCUT2D eigenvalue weighted by Crippen LogP contribution is -1.99. The van der Waals surface area contributed by atoms with E-state index in [0.29, 0.717) is 11.4 Å². The third kappa shape index (κ3) is 3.05. The van der Waals surface area contributed by atoms with Crippen LogP contribution < -0.4 is 4.74 Å². The first-order chi connectivity index (χ1) is 8.11. The number of hydrogen-bond donors (Lipinski definition) is 0. The Kier molecular flexibility index (Phi) is 4.53. The van der Waals surface area contributed by atoms with Crippen molar-refractivity contribution in [3.8, 4) is 5.75 Å². The summed E-state index contributed by atoms with van der Waals surface area (Å²) in [5, 5.41) is 0. The Morgan fingerprint density at radius 1 is 1.41 bits per heavy atom. The molecule has 0 heterocycles. The highest BCUT2D eigenvalue weighted by atomic mass is 79.9. The van der Waals surface area contributed by atoms with Crippen LogP contribution in [0.15, 0.2) is 16.6 Å². The van der Waals surface area contributed by atoms with Gasteiger partial charge in [-0.2, -0.15) is 0 Å². The van der Waals surface area contributed by atoms with Gasteiger partial charge in [-0.3, -0.25) is 0 Å². The number of ether oxygens (including phenoxy) is 1. The Labute approximate surface area is 120 Å². The van der Waals surface area contributed by atoms with E-state index in [0.717, 1.165) is 18.1 Å². The Morgan fingerprint density at radius 2 is 2.18 bits per heavy atom. The van der Waals surface area contributed by atoms with Crippen LogP contribution in [0, 0.1) is 5.92 Å². The van der Waals surface area contributed by atoms with Gasteiger partial charge >= 0.3 is 0 Å². The van der Waals surface area contributed by atoms with Crippen molar-refractivity contribution >= 4 is 31.9 Å². The summed E-state index contributed by atoms with van der Waals surface area (Å²) in [6.45, 7) is 5.07. The molecule has 0 bridgehead atoms. The molecule has 1 aromatic rings. The van der Waals surface area contributed by atoms with Crippen molar-refractivity contribution in [1.29, 1.82) is 0 Å². The number of rotatable bonds is 2. The van der Waals surface area contributed by atoms with Gasteiger partial charge in [0.25, 0.3) is 0 Å². The largest absolute Gasteiger partial charge is 0.494 e. The predicted molar refractivity (Wildman–Crippen MR) is 79.1 cm³/mol. The number of fused-ring (bicyclic) bond motifs is 1. The van der Waals surface area contributed by atoms with Crippen LogP contribution in [0.4, 0.5) is 0 Å². The van der Waals surface area contributed by atoms with E-state index in [4.69, 9.17) is 4.74 Å². The summed E-state index contributed by atoms with van der Waals surface area (Å²) < 4.78 is 6.81. The molecule has 1 aliphatic rings. The minimum Gasteiger partial charge on any atom is -0.494 e. The molecule has 0 aliphatic heterocycles. The second kappa shape index (κ2) is 5.75. The molecule has 2 unspecified atom stereocenters. The van der Waals surface area contributed by atoms with Gasteiger partial charge in [-0.25, -0.2) is 0 Å². The molecule has 0 radical (unpaired) electrons. The summed E-state index contributed by atoms with van der Waals surface area (Å²) in [7, 11) is 0. The lowest BCUT2D eigenvalue weighted by Gasteiger charge is -2.15. The second-order valence-corrected chi connectivity index (χ2v) is 6.71. The molecule has 2 atom stereocenters. The van der Waals surface area contributed by atoms with E-state index in [-0.39, 0.29) is 0 Å². The minimum atomic E-state index is 0.451. The number of halogens is 2. The smallest absolute Gasteiger partial charge is 0.120 e. The summed E-state index contributed by atoms with van der Waals surface area (Å²) in [4.78, 5) is 0.451. The monoisotopic (exact) mass is 360 g/mol. The van der Waals surface area contributed by atoms with Gasteiger partial charge in [0.2, 0.25) is 0 Å². The fraction of sp³-hybridized carbons (Fsp3) is 0.571. The molecule has 0 N–H and O–H groups in total. The van der Waals surface area contributed by atoms with E-state index < -0.39 is 0 Å². The summed E-state index contributed by atoms with van der Waals surface area (Å²) in [5.41, 5.74) is 2.84. The summed E-state index contributed by atoms with van der Waals surface area (Å²) in [5.74, 6) is 1.74. The van der Waals surface area contributed by atoms with Crippen molar-refractivity contribution in [2.45, 2.75) is 37.9 Å². The molecule has 17 heavy (non-hydrogen) atoms. The summed E-state index contributed by atoms with van der Waals surface area (Å²) in [6.07, 6.45) is 3.63. The van der Waals surface area contributed by atoms with Crippen molar-refractivity contribution in [1.82, 2.24) is 0 Å². The summed E-state index contributed by atoms with van der Waals surface area (Å²) >= 11 is 7.50. The van der Waals surface area contributed by atoms with E-state index in [1.165, 1.54) is 28.4 Å². The molecule has 94 valence electrons. The van der Waals surface area contributed by atoms with Crippen LogP contribution in [-0.4, -0.2) is 6.61 Å². The maximum absolute atomic E-state index is 5.62. The number of benzene rings is 1. The third-order valence-corrected chi connectivity index (χ3v) is 4.92. The van der Waals surface area contributed by atoms with Gasteiger partial charge < -0.3 is 4.74 Å². The zero-order chi connectivity index (χ0) is 12.4. The van der Waals surface area contributed by atoms with E-state index in [2.05, 4.69) is 50.9 Å². The van der Waals surface area contributed by atoms with Gasteiger partial charge in [0.1, 0.15) is 5.75 Å². The van der Waals surface area contributed by atoms with Crippen LogP contribution in [0.3, 0.4) is 0 Å². The molecule has 1 aromatic carbocycles. The molecular formula is C14H18Br2O. The van der Waals surface area contributed by atoms with Crippen molar-refractivity contribution in [3.05, 3.63) is 27.7 Å². The first-order valence-corrected chi connectivity index (χ1v) is 7.91. The topological polar surface area (TPSA) is 9.23 Å². The molecule has 2 rings (SSSR count). The predicted octanol–water partition coefficient (Wildman–Crippen LogP) is 5.26. The Morgan fingerprint density at radius 3 is 2.88 bits per heavy atom. The molecule has 0 fully saturated rings. The van der Waals surface area contributed by atoms with Gasteiger partial charge in [0.15, 0.2) is 0 Å². The van der Waals surface area contributed by atoms with Crippen LogP contribution in [0.1, 0.15) is 42.6 Å². The van der Waals surface area contributed by atoms with Crippen LogP contribution in [0.2, 0.25) is 0 Å². The molecule has 0 saturated heterocycles. The number of alkyl halides is 1. The van der Waals surface area contributed by atoms with Gasteiger partial charge in [-0.15, -0.1) is 0 Å². The third-order valence-electron chi connectivity index (χ3n) is 3.35. The molecule has 0 saturated carbocycles. The fourth-order valence-corrected chi connectivity index (χ4v) is 4.11. The molecular weight excluding hydrogens is 344 g/mol. The fourth-order valence-electron chi connectivity index (χ4n) is 2.41. The molecule has 0 aromatic heterocycles. The summed E-state index contributed by atoms with van der Waals surface area (Å²) in [6, 6.07) is 4.29. The van der Waals surface area contributed by atoms with Crippen LogP contribution in [0.25, 0.3) is 0 Å². The lowest BCUT2D eigenvalue weighted by atomic mass is 10.0. The normalized spacial score (nSPS) is 24.0. The molecule has 1 nitrogen and oxygen atoms in total. The van der Waals surface area contributed by atoms with Gasteiger partial charge in [-0.05, 0) is 55.4 Å². The first-order valence-electron chi connectivity index (χ1n) is 6.21. The van der Waals surface area contributed by atoms with Gasteiger partial charge in [0.05, 0.1) is 6.61 Å². The average Bonchev–Trinajstić information content (AvgIpc) is 2.40. The maximum Gasteiger partial charge on any atom is 0.120 e. The highest BCUT2D eigenvalue weighted by Gasteiger charge is 2.22. The zero-order valence-corrected chi connectivity index (χ0v) is 13.5. The second-order valence-electron chi connectivity index (χ2n) is 4.75. The van der Waals surface area contributed by atoms with Crippen molar-refractivity contribution in [3.63, 3.8) is 0 Å². The van der Waals surface area contributed by atoms with Crippen molar-refractivity contribution < 1.29 is 4.74 Å². The lowest BCUT2D eigenvalue weighted by molar-refractivity contribution is 0.339. The quantitative estimate of drug-likeness (QED) is 0.515. The Balaban J connectivity index is 2.41. The Hall–Kier alpha value is -0.0200. The zero-order valence-electron chi connectivity index (χ0n) is 10.3. The highest BCUT2D eigenvalue weighted by Crippen LogP contribution is 2.41. The van der Waals surface area contributed by atoms with Crippen molar-refractivity contribution in [2.24, 2.45) is 5.92 Å². The molecule has 0 amide bonds. The van der Waals surface area contributed by atoms with E-state index in [1.807, 2.05) is 6.92 Å². The molecule has 3 heteroatoms. The standard InChI is InChI=1S/C14H18Br2O/c1-3-17-10-7-12-11(14(16)8-10)5-4-9(2)6-13(12)15/h7-9,13H,3-6H2,1-2H3. The first kappa shape index (κ1) is 13.4. The van der Waals surface area contributed by atoms with E-state index >= 15 is 0 Å². The van der Waals surface area contributed by atoms with Crippen LogP contribution in [-0.2, 0) is 6.42 Å². The molecule has 0 spiro atoms. The van der Waals surface area contributed by atoms with Gasteiger partial charge in [0, 0.05) is 9.30 Å². The van der Waals surface area contributed by atoms with Crippen LogP contribution >= 0.6 is 31.9 Å². The Bertz CT molecular complexity index is 403. The average molecular weight is 362 g/mol. The van der Waals surface area contributed by atoms with E-state index in [9.17, 15) is 0 Å². The molecule has 1 aliphatic carbocycles. The number of hydrogen-bond acceptors (Lipinski definition) is 1. The van der Waals surface area contributed by atoms with E-state index in [1.54, 1.807) is 0 Å². The van der Waals surface area contributed by atoms with Gasteiger partial charge in [-0.1, -0.05) is 38.8 Å². The van der Waals surface area contributed by atoms with Crippen LogP contribution in [0.5, 0.6) is 5.75 Å².